The molecule has 4 N–H and O–H groups in total. The monoisotopic (exact) mass is 740 g/mol. The summed E-state index contributed by atoms with van der Waals surface area (Å²) in [4.78, 5) is 69.7. The maximum atomic E-state index is 14.8. The third-order valence-corrected chi connectivity index (χ3v) is 13.6. The number of benzene rings is 1. The zero-order valence-corrected chi connectivity index (χ0v) is 32.0. The lowest BCUT2D eigenvalue weighted by atomic mass is 9.70. The largest absolute Gasteiger partial charge is 0.346 e. The van der Waals surface area contributed by atoms with E-state index in [0.29, 0.717) is 24.9 Å². The molecule has 3 fully saturated rings. The molecule has 52 heavy (non-hydrogen) atoms. The number of hydrogen-bond acceptors (Lipinski definition) is 7. The SMILES string of the molecule is C=CCNC(=O)C(=O)C(C)NC(=O)[C@@H]1[C@H]2CCC[C@H]2CN1C(=O)[C@@H](NC(=O)N[C@H](CN1Cc2ccccc2S1(=O)=O)C(C)(C)C)C1(C)CCCCC1. The third-order valence-electron chi connectivity index (χ3n) is 11.7. The van der Waals surface area contributed by atoms with Crippen LogP contribution in [0.5, 0.6) is 0 Å². The Hall–Kier alpha value is -3.78. The average molecular weight is 741 g/mol. The van der Waals surface area contributed by atoms with E-state index in [1.54, 1.807) is 29.2 Å². The molecule has 0 aromatic heterocycles. The lowest BCUT2D eigenvalue weighted by Crippen LogP contribution is -2.63. The van der Waals surface area contributed by atoms with Gasteiger partial charge in [-0.05, 0) is 66.9 Å². The van der Waals surface area contributed by atoms with Crippen LogP contribution < -0.4 is 21.3 Å². The van der Waals surface area contributed by atoms with Crippen molar-refractivity contribution in [2.24, 2.45) is 22.7 Å². The number of nitrogens with one attached hydrogen (secondary N) is 4. The quantitative estimate of drug-likeness (QED) is 0.188. The minimum atomic E-state index is -3.74. The fourth-order valence-corrected chi connectivity index (χ4v) is 10.2. The zero-order chi connectivity index (χ0) is 38.0. The number of rotatable bonds is 12. The lowest BCUT2D eigenvalue weighted by Gasteiger charge is -2.43. The van der Waals surface area contributed by atoms with Gasteiger partial charge >= 0.3 is 6.03 Å². The molecule has 1 saturated heterocycles. The fourth-order valence-electron chi connectivity index (χ4n) is 8.56. The van der Waals surface area contributed by atoms with Gasteiger partial charge in [-0.3, -0.25) is 19.2 Å². The van der Waals surface area contributed by atoms with Crippen LogP contribution in [0.15, 0.2) is 41.8 Å². The summed E-state index contributed by atoms with van der Waals surface area (Å²) in [5, 5.41) is 11.2. The topological polar surface area (TPSA) is 174 Å². The highest BCUT2D eigenvalue weighted by molar-refractivity contribution is 7.89. The summed E-state index contributed by atoms with van der Waals surface area (Å²) in [6.45, 7) is 13.5. The van der Waals surface area contributed by atoms with E-state index in [9.17, 15) is 32.4 Å². The van der Waals surface area contributed by atoms with Gasteiger partial charge in [-0.15, -0.1) is 6.58 Å². The van der Waals surface area contributed by atoms with Crippen LogP contribution in [0.1, 0.15) is 91.5 Å². The number of carbonyl (C=O) groups excluding carboxylic acids is 5. The van der Waals surface area contributed by atoms with Gasteiger partial charge in [0, 0.05) is 32.2 Å². The van der Waals surface area contributed by atoms with Crippen LogP contribution in [0, 0.1) is 22.7 Å². The number of likely N-dealkylation sites (tertiary alicyclic amines) is 1. The second kappa shape index (κ2) is 15.7. The van der Waals surface area contributed by atoms with Crippen LogP contribution in [0.2, 0.25) is 0 Å². The Morgan fingerprint density at radius 2 is 1.69 bits per heavy atom. The van der Waals surface area contributed by atoms with E-state index in [2.05, 4.69) is 27.8 Å². The summed E-state index contributed by atoms with van der Waals surface area (Å²) in [6, 6.07) is 2.80. The number of carbonyl (C=O) groups is 5. The first kappa shape index (κ1) is 39.4. The number of fused-ring (bicyclic) bond motifs is 2. The number of urea groups is 1. The van der Waals surface area contributed by atoms with Gasteiger partial charge in [-0.1, -0.05) is 77.7 Å². The maximum Gasteiger partial charge on any atom is 0.315 e. The maximum absolute atomic E-state index is 14.8. The van der Waals surface area contributed by atoms with Crippen LogP contribution in [-0.4, -0.2) is 91.0 Å². The average Bonchev–Trinajstić information content (AvgIpc) is 3.76. The molecule has 0 radical (unpaired) electrons. The van der Waals surface area contributed by atoms with Crippen molar-refractivity contribution in [1.29, 1.82) is 0 Å². The second-order valence-electron chi connectivity index (χ2n) is 16.5. The van der Waals surface area contributed by atoms with Crippen LogP contribution in [0.3, 0.4) is 0 Å². The number of sulfonamides is 1. The van der Waals surface area contributed by atoms with Gasteiger partial charge in [0.2, 0.25) is 27.6 Å². The van der Waals surface area contributed by atoms with E-state index >= 15 is 0 Å². The number of amides is 5. The Bertz CT molecular complexity index is 1670. The first-order chi connectivity index (χ1) is 24.5. The Balaban J connectivity index is 1.36. The van der Waals surface area contributed by atoms with E-state index < -0.39 is 68.6 Å². The Labute approximate surface area is 308 Å². The van der Waals surface area contributed by atoms with Gasteiger partial charge in [0.05, 0.1) is 10.9 Å². The standard InChI is InChI=1S/C38H56N6O7S/c1-7-20-39-34(47)31(45)24(2)40-33(46)30-27-16-13-15-25(27)22-44(30)35(48)32(38(6)18-11-8-12-19-38)42-36(49)41-29(37(3,4)5)23-43-21-26-14-9-10-17-28(26)52(43,50)51/h7,9-10,14,17,24-25,27,29-30,32H,1,8,11-13,15-16,18-23H2,2-6H3,(H,39,47)(H,40,46)(H2,41,42,49)/t24?,25-,27-,29+,30-,32+/m0/s1. The summed E-state index contributed by atoms with van der Waals surface area (Å²) in [5.74, 6) is -2.46. The molecule has 1 aromatic rings. The molecule has 13 nitrogen and oxygen atoms in total. The van der Waals surface area contributed by atoms with Crippen molar-refractivity contribution in [2.75, 3.05) is 19.6 Å². The highest BCUT2D eigenvalue weighted by Gasteiger charge is 2.53. The smallest absolute Gasteiger partial charge is 0.315 e. The van der Waals surface area contributed by atoms with Crippen molar-refractivity contribution < 1.29 is 32.4 Å². The van der Waals surface area contributed by atoms with E-state index in [1.165, 1.54) is 17.3 Å². The van der Waals surface area contributed by atoms with Crippen LogP contribution in [-0.2, 0) is 35.7 Å². The van der Waals surface area contributed by atoms with E-state index in [0.717, 1.165) is 38.5 Å². The number of hydrogen-bond donors (Lipinski definition) is 4. The first-order valence-corrected chi connectivity index (χ1v) is 20.1. The molecule has 2 aliphatic heterocycles. The van der Waals surface area contributed by atoms with Crippen molar-refractivity contribution in [3.05, 3.63) is 42.5 Å². The highest BCUT2D eigenvalue weighted by Crippen LogP contribution is 2.45. The molecule has 0 bridgehead atoms. The summed E-state index contributed by atoms with van der Waals surface area (Å²) < 4.78 is 28.2. The molecule has 1 unspecified atom stereocenters. The minimum absolute atomic E-state index is 0.0457. The van der Waals surface area contributed by atoms with Gasteiger partial charge in [-0.25, -0.2) is 13.2 Å². The predicted octanol–water partition coefficient (Wildman–Crippen LogP) is 3.25. The summed E-state index contributed by atoms with van der Waals surface area (Å²) in [5.41, 5.74) is -0.420. The fraction of sp³-hybridized carbons (Fsp3) is 0.658. The summed E-state index contributed by atoms with van der Waals surface area (Å²) in [7, 11) is -3.74. The van der Waals surface area contributed by atoms with Crippen molar-refractivity contribution >= 4 is 39.6 Å². The van der Waals surface area contributed by atoms with Gasteiger partial charge in [0.25, 0.3) is 5.91 Å². The zero-order valence-electron chi connectivity index (χ0n) is 31.2. The minimum Gasteiger partial charge on any atom is -0.346 e. The summed E-state index contributed by atoms with van der Waals surface area (Å²) >= 11 is 0. The Morgan fingerprint density at radius 1 is 1.00 bits per heavy atom. The molecule has 2 heterocycles. The molecule has 286 valence electrons. The van der Waals surface area contributed by atoms with Gasteiger partial charge in [0.1, 0.15) is 12.1 Å². The first-order valence-electron chi connectivity index (χ1n) is 18.7. The molecular formula is C38H56N6O7S. The van der Waals surface area contributed by atoms with E-state index in [-0.39, 0.29) is 42.3 Å². The molecule has 1 aromatic carbocycles. The van der Waals surface area contributed by atoms with E-state index in [4.69, 9.17) is 0 Å². The highest BCUT2D eigenvalue weighted by atomic mass is 32.2. The molecule has 5 rings (SSSR count). The Kier molecular flexibility index (Phi) is 11.9. The molecule has 6 atom stereocenters. The molecule has 14 heteroatoms. The van der Waals surface area contributed by atoms with Crippen LogP contribution >= 0.6 is 0 Å². The van der Waals surface area contributed by atoms with Gasteiger partial charge in [-0.2, -0.15) is 4.31 Å². The second-order valence-corrected chi connectivity index (χ2v) is 18.4. The van der Waals surface area contributed by atoms with Crippen molar-refractivity contribution in [2.45, 2.75) is 122 Å². The van der Waals surface area contributed by atoms with Gasteiger partial charge < -0.3 is 26.2 Å². The number of Topliss-reactive ketones (excluding diaryl/α,β-unsaturated/α-hetero) is 1. The number of nitrogens with zero attached hydrogens (tertiary/aromatic N) is 2. The Morgan fingerprint density at radius 3 is 2.35 bits per heavy atom. The van der Waals surface area contributed by atoms with Crippen LogP contribution in [0.25, 0.3) is 0 Å². The third kappa shape index (κ3) is 8.22. The molecule has 5 amide bonds. The van der Waals surface area contributed by atoms with Gasteiger partial charge in [0.15, 0.2) is 0 Å². The van der Waals surface area contributed by atoms with Crippen LogP contribution in [0.4, 0.5) is 4.79 Å². The molecular weight excluding hydrogens is 685 g/mol. The molecule has 2 aliphatic carbocycles. The predicted molar refractivity (Wildman–Crippen MR) is 196 cm³/mol. The lowest BCUT2D eigenvalue weighted by molar-refractivity contribution is -0.145. The van der Waals surface area contributed by atoms with Crippen molar-refractivity contribution in [3.63, 3.8) is 0 Å². The molecule has 4 aliphatic rings. The number of ketones is 1. The van der Waals surface area contributed by atoms with E-state index in [1.807, 2.05) is 27.7 Å². The summed E-state index contributed by atoms with van der Waals surface area (Å²) in [6.07, 6.45) is 8.21. The normalized spacial score (nSPS) is 25.2. The molecule has 0 spiro atoms. The molecule has 2 saturated carbocycles. The van der Waals surface area contributed by atoms with Crippen molar-refractivity contribution in [3.8, 4) is 0 Å². The van der Waals surface area contributed by atoms with Crippen molar-refractivity contribution in [1.82, 2.24) is 30.5 Å².